The average Bonchev–Trinajstić information content (AvgIpc) is 3.01. The fraction of sp³-hybridized carbons (Fsp3) is 0.889. The second kappa shape index (κ2) is 8.32. The first-order valence-electron chi connectivity index (χ1n) is 13.1. The minimum Gasteiger partial charge on any atom is -0.392 e. The van der Waals surface area contributed by atoms with Crippen molar-refractivity contribution in [2.45, 2.75) is 121 Å². The summed E-state index contributed by atoms with van der Waals surface area (Å²) in [4.78, 5) is 13.3. The largest absolute Gasteiger partial charge is 0.392 e. The van der Waals surface area contributed by atoms with E-state index in [-0.39, 0.29) is 25.7 Å². The van der Waals surface area contributed by atoms with Gasteiger partial charge in [0.15, 0.2) is 5.78 Å². The predicted octanol–water partition coefficient (Wildman–Crippen LogP) is 0.825. The SMILES string of the molecule is CC(C)CC[C@@H](O)[C@](C)(O)[C@H]1CC[C@@]2(O)C3=CC(=O)[C@]4(O)C[C@@H](O)[C@@H](O)C[C@]4(C)C3[C@H](O)C[C@]12C. The Morgan fingerprint density at radius 1 is 0.971 bits per heavy atom. The first kappa shape index (κ1) is 27.2. The number of ketones is 1. The van der Waals surface area contributed by atoms with Gasteiger partial charge in [0.25, 0.3) is 0 Å². The summed E-state index contributed by atoms with van der Waals surface area (Å²) in [6.07, 6.45) is -1.83. The molecule has 3 saturated carbocycles. The fourth-order valence-electron chi connectivity index (χ4n) is 8.42. The standard InChI is InChI=1S/C27H44O8/c1-14(2)6-7-20(31)25(5,33)19-8-9-26(34)15-10-21(32)27(35)13-17(29)16(28)11-24(27,4)22(15)18(30)12-23(19,26)3/h10,14,16-20,22,28-31,33-35H,6-9,11-13H2,1-5H3/t16-,17+,18+,19-,20+,22?,23+,24+,25+,26+,27+/m0/s1. The Labute approximate surface area is 207 Å². The summed E-state index contributed by atoms with van der Waals surface area (Å²) in [5, 5.41) is 78.4. The van der Waals surface area contributed by atoms with E-state index in [9.17, 15) is 40.5 Å². The van der Waals surface area contributed by atoms with E-state index in [2.05, 4.69) is 0 Å². The number of rotatable bonds is 5. The molecular weight excluding hydrogens is 452 g/mol. The molecule has 11 atom stereocenters. The quantitative estimate of drug-likeness (QED) is 0.295. The molecule has 7 N–H and O–H groups in total. The normalized spacial score (nSPS) is 50.1. The lowest BCUT2D eigenvalue weighted by Crippen LogP contribution is -2.71. The zero-order chi connectivity index (χ0) is 26.4. The van der Waals surface area contributed by atoms with E-state index < -0.39 is 69.7 Å². The van der Waals surface area contributed by atoms with E-state index >= 15 is 0 Å². The molecule has 3 fully saturated rings. The minimum absolute atomic E-state index is 0.0989. The van der Waals surface area contributed by atoms with Crippen molar-refractivity contribution in [2.24, 2.45) is 28.6 Å². The van der Waals surface area contributed by atoms with E-state index in [1.807, 2.05) is 20.8 Å². The number of carbonyl (C=O) groups excluding carboxylic acids is 1. The maximum atomic E-state index is 13.3. The van der Waals surface area contributed by atoms with Crippen molar-refractivity contribution in [3.63, 3.8) is 0 Å². The van der Waals surface area contributed by atoms with Crippen LogP contribution in [-0.2, 0) is 4.79 Å². The van der Waals surface area contributed by atoms with Gasteiger partial charge in [-0.25, -0.2) is 0 Å². The van der Waals surface area contributed by atoms with Crippen LogP contribution in [0, 0.1) is 28.6 Å². The Hall–Kier alpha value is -0.870. The fourth-order valence-corrected chi connectivity index (χ4v) is 8.42. The van der Waals surface area contributed by atoms with Gasteiger partial charge in [-0.15, -0.1) is 0 Å². The van der Waals surface area contributed by atoms with Crippen LogP contribution in [0.25, 0.3) is 0 Å². The van der Waals surface area contributed by atoms with Crippen molar-refractivity contribution in [1.29, 1.82) is 0 Å². The topological polar surface area (TPSA) is 159 Å². The summed E-state index contributed by atoms with van der Waals surface area (Å²) in [5.74, 6) is -1.63. The van der Waals surface area contributed by atoms with Gasteiger partial charge >= 0.3 is 0 Å². The lowest BCUT2D eigenvalue weighted by molar-refractivity contribution is -0.228. The van der Waals surface area contributed by atoms with Crippen LogP contribution >= 0.6 is 0 Å². The van der Waals surface area contributed by atoms with Crippen LogP contribution < -0.4 is 0 Å². The molecule has 0 saturated heterocycles. The molecule has 0 heterocycles. The number of hydrogen-bond donors (Lipinski definition) is 7. The molecule has 0 aromatic heterocycles. The van der Waals surface area contributed by atoms with Gasteiger partial charge in [-0.3, -0.25) is 4.79 Å². The zero-order valence-corrected chi connectivity index (χ0v) is 21.6. The molecule has 4 rings (SSSR count). The third-order valence-corrected chi connectivity index (χ3v) is 10.6. The third kappa shape index (κ3) is 3.55. The first-order valence-corrected chi connectivity index (χ1v) is 13.1. The number of aliphatic hydroxyl groups excluding tert-OH is 4. The molecule has 0 aliphatic heterocycles. The van der Waals surface area contributed by atoms with Crippen molar-refractivity contribution in [3.8, 4) is 0 Å². The molecule has 4 aliphatic rings. The minimum atomic E-state index is -1.97. The molecule has 200 valence electrons. The summed E-state index contributed by atoms with van der Waals surface area (Å²) in [5.41, 5.74) is -7.02. The maximum absolute atomic E-state index is 13.3. The molecule has 0 radical (unpaired) electrons. The van der Waals surface area contributed by atoms with Gasteiger partial charge in [-0.2, -0.15) is 0 Å². The Bertz CT molecular complexity index is 900. The number of fused-ring (bicyclic) bond motifs is 5. The highest BCUT2D eigenvalue weighted by Crippen LogP contribution is 2.69. The summed E-state index contributed by atoms with van der Waals surface area (Å²) >= 11 is 0. The number of carbonyl (C=O) groups is 1. The zero-order valence-electron chi connectivity index (χ0n) is 21.6. The smallest absolute Gasteiger partial charge is 0.187 e. The van der Waals surface area contributed by atoms with Gasteiger partial charge < -0.3 is 35.7 Å². The predicted molar refractivity (Wildman–Crippen MR) is 128 cm³/mol. The van der Waals surface area contributed by atoms with Crippen LogP contribution in [0.15, 0.2) is 11.6 Å². The molecule has 1 unspecified atom stereocenters. The van der Waals surface area contributed by atoms with Crippen molar-refractivity contribution in [3.05, 3.63) is 11.6 Å². The molecule has 0 spiro atoms. The second-order valence-corrected chi connectivity index (χ2v) is 13.1. The van der Waals surface area contributed by atoms with Crippen LogP contribution in [0.1, 0.15) is 79.6 Å². The summed E-state index contributed by atoms with van der Waals surface area (Å²) < 4.78 is 0. The van der Waals surface area contributed by atoms with Crippen molar-refractivity contribution < 1.29 is 40.5 Å². The highest BCUT2D eigenvalue weighted by molar-refractivity contribution is 6.00. The van der Waals surface area contributed by atoms with Gasteiger partial charge in [-0.05, 0) is 68.9 Å². The molecule has 8 heteroatoms. The Morgan fingerprint density at radius 3 is 2.14 bits per heavy atom. The van der Waals surface area contributed by atoms with E-state index in [0.29, 0.717) is 24.3 Å². The average molecular weight is 497 g/mol. The monoisotopic (exact) mass is 496 g/mol. The van der Waals surface area contributed by atoms with Crippen LogP contribution in [0.3, 0.4) is 0 Å². The first-order chi connectivity index (χ1) is 16.0. The molecule has 4 aliphatic carbocycles. The molecule has 0 bridgehead atoms. The number of hydrogen-bond acceptors (Lipinski definition) is 8. The lowest BCUT2D eigenvalue weighted by Gasteiger charge is -2.64. The summed E-state index contributed by atoms with van der Waals surface area (Å²) in [6.45, 7) is 9.14. The van der Waals surface area contributed by atoms with Gasteiger partial charge in [0.1, 0.15) is 5.60 Å². The highest BCUT2D eigenvalue weighted by atomic mass is 16.3. The van der Waals surface area contributed by atoms with Gasteiger partial charge in [0.05, 0.1) is 35.6 Å². The van der Waals surface area contributed by atoms with E-state index in [0.717, 1.165) is 6.42 Å². The molecule has 8 nitrogen and oxygen atoms in total. The summed E-state index contributed by atoms with van der Waals surface area (Å²) in [7, 11) is 0. The van der Waals surface area contributed by atoms with E-state index in [4.69, 9.17) is 0 Å². The van der Waals surface area contributed by atoms with Gasteiger partial charge in [0, 0.05) is 23.2 Å². The second-order valence-electron chi connectivity index (χ2n) is 13.1. The Kier molecular flexibility index (Phi) is 6.46. The molecule has 0 aromatic carbocycles. The van der Waals surface area contributed by atoms with Crippen molar-refractivity contribution in [2.75, 3.05) is 0 Å². The van der Waals surface area contributed by atoms with E-state index in [1.165, 1.54) is 6.08 Å². The van der Waals surface area contributed by atoms with Crippen LogP contribution in [-0.4, -0.2) is 82.7 Å². The maximum Gasteiger partial charge on any atom is 0.187 e. The molecule has 0 amide bonds. The van der Waals surface area contributed by atoms with Crippen LogP contribution in [0.2, 0.25) is 0 Å². The highest BCUT2D eigenvalue weighted by Gasteiger charge is 2.73. The lowest BCUT2D eigenvalue weighted by atomic mass is 9.43. The van der Waals surface area contributed by atoms with Gasteiger partial charge in [0.2, 0.25) is 0 Å². The Morgan fingerprint density at radius 2 is 1.54 bits per heavy atom. The van der Waals surface area contributed by atoms with E-state index in [1.54, 1.807) is 13.8 Å². The van der Waals surface area contributed by atoms with Crippen LogP contribution in [0.5, 0.6) is 0 Å². The molecule has 35 heavy (non-hydrogen) atoms. The summed E-state index contributed by atoms with van der Waals surface area (Å²) in [6, 6.07) is 0. The molecule has 0 aromatic rings. The third-order valence-electron chi connectivity index (χ3n) is 10.6. The number of aliphatic hydroxyl groups is 7. The Balaban J connectivity index is 1.76. The molecular formula is C27H44O8. The van der Waals surface area contributed by atoms with Crippen molar-refractivity contribution >= 4 is 5.78 Å². The van der Waals surface area contributed by atoms with Crippen molar-refractivity contribution in [1.82, 2.24) is 0 Å². The van der Waals surface area contributed by atoms with Gasteiger partial charge in [-0.1, -0.05) is 27.7 Å². The van der Waals surface area contributed by atoms with Crippen LogP contribution in [0.4, 0.5) is 0 Å².